The van der Waals surface area contributed by atoms with Crippen LogP contribution in [0.15, 0.2) is 49.1 Å². The topological polar surface area (TPSA) is 80.0 Å². The fourth-order valence-corrected chi connectivity index (χ4v) is 3.66. The number of carbonyl (C=O) groups is 1. The van der Waals surface area contributed by atoms with Gasteiger partial charge in [-0.3, -0.25) is 0 Å². The Kier molecular flexibility index (Phi) is 5.01. The lowest BCUT2D eigenvalue weighted by Gasteiger charge is -2.23. The Hall–Kier alpha value is -3.29. The van der Waals surface area contributed by atoms with Gasteiger partial charge in [-0.05, 0) is 25.0 Å². The Bertz CT molecular complexity index is 915. The summed E-state index contributed by atoms with van der Waals surface area (Å²) in [5.41, 5.74) is 1.86. The number of rotatable bonds is 5. The predicted molar refractivity (Wildman–Crippen MR) is 108 cm³/mol. The highest BCUT2D eigenvalue weighted by Crippen LogP contribution is 2.29. The number of imidazole rings is 2. The molecule has 1 aromatic carbocycles. The number of amides is 2. The van der Waals surface area contributed by atoms with Crippen LogP contribution in [0.5, 0.6) is 0 Å². The zero-order chi connectivity index (χ0) is 19.5. The molecule has 0 bridgehead atoms. The monoisotopic (exact) mass is 379 g/mol. The second kappa shape index (κ2) is 7.75. The van der Waals surface area contributed by atoms with Crippen LogP contribution in [-0.2, 0) is 14.1 Å². The summed E-state index contributed by atoms with van der Waals surface area (Å²) in [7, 11) is 3.81. The Morgan fingerprint density at radius 1 is 1.00 bits per heavy atom. The van der Waals surface area contributed by atoms with Gasteiger partial charge in [0.05, 0.1) is 11.4 Å². The number of hydrogen-bond acceptors (Lipinski definition) is 4. The van der Waals surface area contributed by atoms with Crippen LogP contribution in [0.2, 0.25) is 0 Å². The van der Waals surface area contributed by atoms with E-state index in [4.69, 9.17) is 0 Å². The predicted octanol–water partition coefficient (Wildman–Crippen LogP) is 2.66. The van der Waals surface area contributed by atoms with Crippen molar-refractivity contribution in [3.05, 3.63) is 60.7 Å². The molecule has 1 aliphatic heterocycles. The summed E-state index contributed by atoms with van der Waals surface area (Å²) in [4.78, 5) is 24.0. The number of para-hydroxylation sites is 2. The molecule has 8 heteroatoms. The van der Waals surface area contributed by atoms with Crippen molar-refractivity contribution in [2.45, 2.75) is 18.9 Å². The smallest absolute Gasteiger partial charge is 0.320 e. The molecule has 0 aliphatic carbocycles. The van der Waals surface area contributed by atoms with Crippen molar-refractivity contribution >= 4 is 17.4 Å². The molecule has 28 heavy (non-hydrogen) atoms. The summed E-state index contributed by atoms with van der Waals surface area (Å²) in [6, 6.07) is 7.17. The van der Waals surface area contributed by atoms with Gasteiger partial charge in [-0.15, -0.1) is 0 Å². The summed E-state index contributed by atoms with van der Waals surface area (Å²) in [6.07, 6.45) is 9.50. The number of hydrogen-bond donors (Lipinski definition) is 2. The van der Waals surface area contributed by atoms with Crippen LogP contribution in [-0.4, -0.2) is 38.2 Å². The maximum atomic E-state index is 12.9. The summed E-state index contributed by atoms with van der Waals surface area (Å²) in [6.45, 7) is 2.03. The Balaban J connectivity index is 1.56. The third-order valence-electron chi connectivity index (χ3n) is 5.11. The summed E-state index contributed by atoms with van der Waals surface area (Å²) < 4.78 is 3.77. The number of nitrogens with zero attached hydrogens (tertiary/aromatic N) is 5. The van der Waals surface area contributed by atoms with Crippen LogP contribution in [0.4, 0.5) is 16.2 Å². The third-order valence-corrected chi connectivity index (χ3v) is 5.11. The van der Waals surface area contributed by atoms with Gasteiger partial charge in [0.25, 0.3) is 0 Å². The Labute approximate surface area is 164 Å². The number of benzene rings is 1. The average Bonchev–Trinajstić information content (AvgIpc) is 3.43. The van der Waals surface area contributed by atoms with E-state index in [1.165, 1.54) is 12.8 Å². The molecule has 0 saturated carbocycles. The summed E-state index contributed by atoms with van der Waals surface area (Å²) in [5.74, 6) is 1.44. The van der Waals surface area contributed by atoms with E-state index in [-0.39, 0.29) is 6.03 Å². The van der Waals surface area contributed by atoms with E-state index >= 15 is 0 Å². The normalized spacial score (nSPS) is 13.9. The number of urea groups is 1. The zero-order valence-corrected chi connectivity index (χ0v) is 16.2. The maximum Gasteiger partial charge on any atom is 0.320 e. The fourth-order valence-electron chi connectivity index (χ4n) is 3.66. The van der Waals surface area contributed by atoms with Gasteiger partial charge in [0, 0.05) is 52.0 Å². The molecule has 146 valence electrons. The van der Waals surface area contributed by atoms with E-state index in [1.54, 1.807) is 12.4 Å². The first-order valence-electron chi connectivity index (χ1n) is 9.49. The van der Waals surface area contributed by atoms with E-state index in [0.29, 0.717) is 0 Å². The minimum atomic E-state index is -0.459. The van der Waals surface area contributed by atoms with Gasteiger partial charge >= 0.3 is 6.03 Å². The van der Waals surface area contributed by atoms with Crippen LogP contribution < -0.4 is 15.5 Å². The largest absolute Gasteiger partial charge is 0.370 e. The number of nitrogens with one attached hydrogen (secondary N) is 2. The van der Waals surface area contributed by atoms with E-state index in [1.807, 2.05) is 53.8 Å². The second-order valence-corrected chi connectivity index (χ2v) is 7.04. The Morgan fingerprint density at radius 3 is 2.18 bits per heavy atom. The fraction of sp³-hybridized carbons (Fsp3) is 0.350. The third kappa shape index (κ3) is 3.58. The van der Waals surface area contributed by atoms with E-state index in [2.05, 4.69) is 31.6 Å². The van der Waals surface area contributed by atoms with Crippen molar-refractivity contribution in [2.24, 2.45) is 14.1 Å². The molecule has 3 aromatic rings. The van der Waals surface area contributed by atoms with Crippen LogP contribution in [0, 0.1) is 0 Å². The highest BCUT2D eigenvalue weighted by molar-refractivity contribution is 5.93. The van der Waals surface area contributed by atoms with Crippen LogP contribution in [0.25, 0.3) is 0 Å². The molecule has 3 heterocycles. The van der Waals surface area contributed by atoms with Gasteiger partial charge in [-0.1, -0.05) is 12.1 Å². The van der Waals surface area contributed by atoms with Crippen molar-refractivity contribution in [2.75, 3.05) is 23.3 Å². The SMILES string of the molecule is Cn1ccnc1C(NC(=O)Nc1ccccc1N1CCCC1)c1nccn1C. The molecule has 1 fully saturated rings. The maximum absolute atomic E-state index is 12.9. The number of aryl methyl sites for hydroxylation is 2. The highest BCUT2D eigenvalue weighted by Gasteiger charge is 2.25. The molecule has 0 radical (unpaired) electrons. The van der Waals surface area contributed by atoms with Crippen molar-refractivity contribution in [1.82, 2.24) is 24.4 Å². The number of aromatic nitrogens is 4. The first kappa shape index (κ1) is 18.1. The molecule has 8 nitrogen and oxygen atoms in total. The highest BCUT2D eigenvalue weighted by atomic mass is 16.2. The van der Waals surface area contributed by atoms with E-state index < -0.39 is 6.04 Å². The summed E-state index contributed by atoms with van der Waals surface area (Å²) in [5, 5.41) is 6.05. The minimum Gasteiger partial charge on any atom is -0.370 e. The molecular weight excluding hydrogens is 354 g/mol. The molecule has 1 saturated heterocycles. The zero-order valence-electron chi connectivity index (χ0n) is 16.2. The molecule has 0 unspecified atom stereocenters. The van der Waals surface area contributed by atoms with Gasteiger partial charge in [0.2, 0.25) is 0 Å². The van der Waals surface area contributed by atoms with Crippen molar-refractivity contribution in [3.8, 4) is 0 Å². The second-order valence-electron chi connectivity index (χ2n) is 7.04. The Morgan fingerprint density at radius 2 is 1.61 bits per heavy atom. The van der Waals surface area contributed by atoms with Crippen LogP contribution in [0.3, 0.4) is 0 Å². The van der Waals surface area contributed by atoms with Gasteiger partial charge in [-0.25, -0.2) is 14.8 Å². The standard InChI is InChI=1S/C20H25N7O/c1-25-13-9-21-18(25)17(19-22-10-14-26(19)2)24-20(28)23-15-7-3-4-8-16(15)27-11-5-6-12-27/h3-4,7-10,13-14,17H,5-6,11-12H2,1-2H3,(H2,23,24,28). The molecule has 0 atom stereocenters. The lowest BCUT2D eigenvalue weighted by atomic mass is 10.2. The number of carbonyl (C=O) groups excluding carboxylic acids is 1. The molecule has 1 aliphatic rings. The first-order valence-corrected chi connectivity index (χ1v) is 9.49. The molecule has 4 rings (SSSR count). The summed E-state index contributed by atoms with van der Waals surface area (Å²) >= 11 is 0. The lowest BCUT2D eigenvalue weighted by molar-refractivity contribution is 0.249. The first-order chi connectivity index (χ1) is 13.6. The molecule has 2 N–H and O–H groups in total. The van der Waals surface area contributed by atoms with Crippen LogP contribution >= 0.6 is 0 Å². The van der Waals surface area contributed by atoms with Gasteiger partial charge < -0.3 is 24.7 Å². The van der Waals surface area contributed by atoms with Crippen molar-refractivity contribution in [3.63, 3.8) is 0 Å². The lowest BCUT2D eigenvalue weighted by Crippen LogP contribution is -2.36. The quantitative estimate of drug-likeness (QED) is 0.714. The minimum absolute atomic E-state index is 0.289. The van der Waals surface area contributed by atoms with E-state index in [9.17, 15) is 4.79 Å². The average molecular weight is 379 g/mol. The van der Waals surface area contributed by atoms with Gasteiger partial charge in [0.15, 0.2) is 0 Å². The molecule has 2 aromatic heterocycles. The molecular formula is C20H25N7O. The van der Waals surface area contributed by atoms with E-state index in [0.717, 1.165) is 36.1 Å². The number of anilines is 2. The van der Waals surface area contributed by atoms with Crippen LogP contribution in [0.1, 0.15) is 30.5 Å². The van der Waals surface area contributed by atoms with Gasteiger partial charge in [0.1, 0.15) is 17.7 Å². The van der Waals surface area contributed by atoms with Crippen molar-refractivity contribution in [1.29, 1.82) is 0 Å². The molecule has 2 amide bonds. The van der Waals surface area contributed by atoms with Crippen molar-refractivity contribution < 1.29 is 4.79 Å². The van der Waals surface area contributed by atoms with Gasteiger partial charge in [-0.2, -0.15) is 0 Å². The molecule has 0 spiro atoms.